The van der Waals surface area contributed by atoms with Crippen molar-refractivity contribution in [1.82, 2.24) is 19.8 Å². The van der Waals surface area contributed by atoms with Gasteiger partial charge in [-0.3, -0.25) is 14.6 Å². The van der Waals surface area contributed by atoms with Crippen LogP contribution in [0.5, 0.6) is 0 Å². The molecule has 0 aliphatic carbocycles. The van der Waals surface area contributed by atoms with E-state index in [0.29, 0.717) is 38.2 Å². The van der Waals surface area contributed by atoms with Gasteiger partial charge >= 0.3 is 6.03 Å². The summed E-state index contributed by atoms with van der Waals surface area (Å²) in [6.07, 6.45) is 1.99. The van der Waals surface area contributed by atoms with Crippen molar-refractivity contribution in [2.75, 3.05) is 46.1 Å². The van der Waals surface area contributed by atoms with Gasteiger partial charge in [0, 0.05) is 50.5 Å². The number of primary amides is 1. The van der Waals surface area contributed by atoms with Crippen LogP contribution in [-0.2, 0) is 17.7 Å². The quantitative estimate of drug-likeness (QED) is 0.290. The first-order chi connectivity index (χ1) is 19.2. The molecule has 11 nitrogen and oxygen atoms in total. The van der Waals surface area contributed by atoms with Gasteiger partial charge in [0.15, 0.2) is 0 Å². The number of carbonyl (C=O) groups excluding carboxylic acids is 2. The predicted molar refractivity (Wildman–Crippen MR) is 146 cm³/mol. The first-order valence-corrected chi connectivity index (χ1v) is 13.2. The van der Waals surface area contributed by atoms with E-state index in [-0.39, 0.29) is 48.2 Å². The second kappa shape index (κ2) is 13.0. The number of nitrogens with two attached hydrogens (primary N) is 1. The summed E-state index contributed by atoms with van der Waals surface area (Å²) < 4.78 is 20.0. The minimum atomic E-state index is -0.978. The lowest BCUT2D eigenvalue weighted by atomic mass is 9.84. The number of aliphatic hydroxyl groups excluding tert-OH is 2. The van der Waals surface area contributed by atoms with Gasteiger partial charge in [-0.15, -0.1) is 0 Å². The summed E-state index contributed by atoms with van der Waals surface area (Å²) in [5.74, 6) is -2.62. The fraction of sp³-hybridized carbons (Fsp3) is 0.429. The second-order valence-electron chi connectivity index (χ2n) is 9.90. The van der Waals surface area contributed by atoms with Gasteiger partial charge in [0.1, 0.15) is 11.4 Å². The van der Waals surface area contributed by atoms with Gasteiger partial charge in [0.05, 0.1) is 30.9 Å². The molecule has 2 aromatic heterocycles. The van der Waals surface area contributed by atoms with Crippen LogP contribution in [0.2, 0.25) is 0 Å². The fourth-order valence-corrected chi connectivity index (χ4v) is 4.98. The van der Waals surface area contributed by atoms with E-state index in [1.54, 1.807) is 36.2 Å². The number of urea groups is 1. The SMILES string of the molecule is CC(CO)C(CO)c1c(C(N)=O)c(=O)n(CCNC(=O)N2CCOCC2)c2cc(Cc3ccc(F)cc3)cnc12. The standard InChI is InChI=1S/C28H34FN5O6/c1-17(15-35)21(16-36)23-24(26(30)37)27(38)34(7-6-31-28(39)33-8-10-40-11-9-33)22-13-19(14-32-25(22)23)12-18-2-4-20(29)5-3-18/h2-5,13-14,17,21,35-36H,6-12,15-16H2,1H3,(H2,30,37)(H,31,39). The van der Waals surface area contributed by atoms with Crippen molar-refractivity contribution in [2.45, 2.75) is 25.8 Å². The molecule has 0 bridgehead atoms. The molecule has 1 aromatic carbocycles. The Bertz CT molecular complexity index is 1420. The van der Waals surface area contributed by atoms with Crippen molar-refractivity contribution in [2.24, 2.45) is 11.7 Å². The van der Waals surface area contributed by atoms with Gasteiger partial charge in [-0.1, -0.05) is 19.1 Å². The molecule has 2 atom stereocenters. The lowest BCUT2D eigenvalue weighted by Gasteiger charge is -2.27. The molecule has 40 heavy (non-hydrogen) atoms. The van der Waals surface area contributed by atoms with Crippen LogP contribution in [-0.4, -0.2) is 82.7 Å². The topological polar surface area (TPSA) is 160 Å². The molecule has 1 fully saturated rings. The van der Waals surface area contributed by atoms with Crippen LogP contribution in [0, 0.1) is 11.7 Å². The number of benzene rings is 1. The number of nitrogens with one attached hydrogen (secondary N) is 1. The fourth-order valence-electron chi connectivity index (χ4n) is 4.98. The molecule has 0 radical (unpaired) electrons. The Morgan fingerprint density at radius 1 is 1.15 bits per heavy atom. The predicted octanol–water partition coefficient (Wildman–Crippen LogP) is 0.971. The maximum Gasteiger partial charge on any atom is 0.317 e. The van der Waals surface area contributed by atoms with E-state index >= 15 is 0 Å². The summed E-state index contributed by atoms with van der Waals surface area (Å²) in [4.78, 5) is 45.2. The third-order valence-electron chi connectivity index (χ3n) is 7.22. The molecule has 3 heterocycles. The summed E-state index contributed by atoms with van der Waals surface area (Å²) in [6, 6.07) is 7.48. The number of ether oxygens (including phenoxy) is 1. The number of carbonyl (C=O) groups is 2. The van der Waals surface area contributed by atoms with Gasteiger partial charge in [-0.25, -0.2) is 9.18 Å². The van der Waals surface area contributed by atoms with E-state index in [0.717, 1.165) is 11.1 Å². The minimum absolute atomic E-state index is 0.0208. The molecule has 5 N–H and O–H groups in total. The summed E-state index contributed by atoms with van der Waals surface area (Å²) in [5, 5.41) is 22.8. The smallest absolute Gasteiger partial charge is 0.317 e. The van der Waals surface area contributed by atoms with Crippen molar-refractivity contribution in [3.63, 3.8) is 0 Å². The molecule has 0 saturated carbocycles. The Morgan fingerprint density at radius 2 is 1.85 bits per heavy atom. The van der Waals surface area contributed by atoms with E-state index in [1.165, 1.54) is 16.7 Å². The van der Waals surface area contributed by atoms with Gasteiger partial charge in [-0.2, -0.15) is 0 Å². The third kappa shape index (κ3) is 6.30. The number of rotatable bonds is 10. The first kappa shape index (κ1) is 29.1. The molecule has 1 aliphatic heterocycles. The zero-order valence-electron chi connectivity index (χ0n) is 22.3. The van der Waals surface area contributed by atoms with Gasteiger partial charge in [-0.05, 0) is 41.7 Å². The third-order valence-corrected chi connectivity index (χ3v) is 7.22. The summed E-state index contributed by atoms with van der Waals surface area (Å²) in [6.45, 7) is 2.85. The Morgan fingerprint density at radius 3 is 2.48 bits per heavy atom. The van der Waals surface area contributed by atoms with Crippen molar-refractivity contribution in [1.29, 1.82) is 0 Å². The van der Waals surface area contributed by atoms with Crippen LogP contribution in [0.15, 0.2) is 41.3 Å². The number of fused-ring (bicyclic) bond motifs is 1. The highest BCUT2D eigenvalue weighted by atomic mass is 19.1. The van der Waals surface area contributed by atoms with Crippen molar-refractivity contribution in [3.8, 4) is 0 Å². The highest BCUT2D eigenvalue weighted by Gasteiger charge is 2.30. The molecule has 1 saturated heterocycles. The lowest BCUT2D eigenvalue weighted by molar-refractivity contribution is 0.0532. The number of amides is 3. The molecule has 3 amide bonds. The number of aliphatic hydroxyl groups is 2. The molecule has 214 valence electrons. The number of pyridine rings is 2. The van der Waals surface area contributed by atoms with E-state index in [2.05, 4.69) is 10.3 Å². The van der Waals surface area contributed by atoms with Gasteiger partial charge < -0.3 is 35.5 Å². The minimum Gasteiger partial charge on any atom is -0.396 e. The van der Waals surface area contributed by atoms with Gasteiger partial charge in [0.25, 0.3) is 11.5 Å². The van der Waals surface area contributed by atoms with Crippen LogP contribution >= 0.6 is 0 Å². The van der Waals surface area contributed by atoms with Crippen molar-refractivity contribution in [3.05, 3.63) is 75.0 Å². The molecular weight excluding hydrogens is 521 g/mol. The van der Waals surface area contributed by atoms with Crippen LogP contribution in [0.4, 0.5) is 9.18 Å². The Balaban J connectivity index is 1.80. The Labute approximate surface area is 230 Å². The van der Waals surface area contributed by atoms with E-state index in [9.17, 15) is 29.0 Å². The monoisotopic (exact) mass is 555 g/mol. The van der Waals surface area contributed by atoms with Crippen molar-refractivity contribution < 1.29 is 28.9 Å². The number of nitrogens with zero attached hydrogens (tertiary/aromatic N) is 3. The zero-order chi connectivity index (χ0) is 28.8. The van der Waals surface area contributed by atoms with Crippen LogP contribution in [0.25, 0.3) is 11.0 Å². The van der Waals surface area contributed by atoms with Crippen molar-refractivity contribution >= 4 is 23.0 Å². The van der Waals surface area contributed by atoms with E-state index in [1.807, 2.05) is 0 Å². The molecular formula is C28H34FN5O6. The molecule has 1 aliphatic rings. The number of halogens is 1. The molecule has 4 rings (SSSR count). The maximum absolute atomic E-state index is 13.8. The average Bonchev–Trinajstić information content (AvgIpc) is 2.96. The number of hydrogen-bond acceptors (Lipinski definition) is 7. The Kier molecular flexibility index (Phi) is 9.46. The Hall–Kier alpha value is -3.87. The van der Waals surface area contributed by atoms with Crippen LogP contribution < -0.4 is 16.6 Å². The molecule has 3 aromatic rings. The van der Waals surface area contributed by atoms with Gasteiger partial charge in [0.2, 0.25) is 0 Å². The van der Waals surface area contributed by atoms with Crippen LogP contribution in [0.1, 0.15) is 39.9 Å². The van der Waals surface area contributed by atoms with E-state index in [4.69, 9.17) is 10.5 Å². The number of morpholine rings is 1. The highest BCUT2D eigenvalue weighted by Crippen LogP contribution is 2.32. The molecule has 0 spiro atoms. The summed E-state index contributed by atoms with van der Waals surface area (Å²) in [5.41, 5.74) is 7.08. The summed E-state index contributed by atoms with van der Waals surface area (Å²) >= 11 is 0. The molecule has 12 heteroatoms. The average molecular weight is 556 g/mol. The normalized spacial score (nSPS) is 15.2. The largest absolute Gasteiger partial charge is 0.396 e. The number of aromatic nitrogens is 2. The van der Waals surface area contributed by atoms with Crippen LogP contribution in [0.3, 0.4) is 0 Å². The lowest BCUT2D eigenvalue weighted by Crippen LogP contribution is -2.47. The second-order valence-corrected chi connectivity index (χ2v) is 9.90. The number of hydrogen-bond donors (Lipinski definition) is 4. The first-order valence-electron chi connectivity index (χ1n) is 13.2. The molecule has 2 unspecified atom stereocenters. The summed E-state index contributed by atoms with van der Waals surface area (Å²) in [7, 11) is 0. The maximum atomic E-state index is 13.8. The van der Waals surface area contributed by atoms with E-state index < -0.39 is 29.9 Å². The zero-order valence-corrected chi connectivity index (χ0v) is 22.3. The highest BCUT2D eigenvalue weighted by molar-refractivity contribution is 5.99.